The summed E-state index contributed by atoms with van der Waals surface area (Å²) >= 11 is 0. The van der Waals surface area contributed by atoms with Crippen LogP contribution in [-0.4, -0.2) is 35.5 Å². The lowest BCUT2D eigenvalue weighted by Gasteiger charge is -2.22. The summed E-state index contributed by atoms with van der Waals surface area (Å²) in [5.41, 5.74) is 1.32. The largest absolute Gasteiger partial charge is 0.496 e. The number of ether oxygens (including phenoxy) is 6. The van der Waals surface area contributed by atoms with E-state index in [0.717, 1.165) is 6.42 Å². The van der Waals surface area contributed by atoms with Gasteiger partial charge in [-0.05, 0) is 42.7 Å². The van der Waals surface area contributed by atoms with Crippen molar-refractivity contribution < 1.29 is 37.2 Å². The molecule has 0 aliphatic carbocycles. The van der Waals surface area contributed by atoms with Gasteiger partial charge in [-0.3, -0.25) is 4.79 Å². The van der Waals surface area contributed by atoms with E-state index in [1.54, 1.807) is 43.3 Å². The van der Waals surface area contributed by atoms with Gasteiger partial charge < -0.3 is 32.8 Å². The summed E-state index contributed by atoms with van der Waals surface area (Å²) in [5.74, 6) is 1.51. The molecule has 1 atom stereocenters. The van der Waals surface area contributed by atoms with Crippen LogP contribution in [0.4, 0.5) is 4.39 Å². The number of aryl methyl sites for hydroxylation is 1. The van der Waals surface area contributed by atoms with E-state index in [1.807, 2.05) is 6.92 Å². The first-order valence-corrected chi connectivity index (χ1v) is 12.8. The Kier molecular flexibility index (Phi) is 8.72. The molecule has 8 nitrogen and oxygen atoms in total. The Morgan fingerprint density at radius 2 is 1.50 bits per heavy atom. The third-order valence-corrected chi connectivity index (χ3v) is 6.65. The molecule has 212 valence electrons. The summed E-state index contributed by atoms with van der Waals surface area (Å²) in [4.78, 5) is 14.2. The fourth-order valence-corrected chi connectivity index (χ4v) is 4.54. The standard InChI is InChI=1S/C31H33FO8/c1-8-9-22(18-11-10-17(2)21(32)12-18)39-31-28(33)27-23(35-4)15-20(34-3)16-24(27)40-29(31)19-13-25(36-5)30(38-7)26(14-19)37-6/h10-16,22H,8-9H2,1-7H3. The number of methoxy groups -OCH3 is 5. The van der Waals surface area contributed by atoms with Gasteiger partial charge in [-0.2, -0.15) is 0 Å². The average molecular weight is 553 g/mol. The van der Waals surface area contributed by atoms with Gasteiger partial charge in [-0.1, -0.05) is 25.5 Å². The fraction of sp³-hybridized carbons (Fsp3) is 0.323. The summed E-state index contributed by atoms with van der Waals surface area (Å²) < 4.78 is 54.8. The molecule has 0 radical (unpaired) electrons. The van der Waals surface area contributed by atoms with E-state index >= 15 is 0 Å². The van der Waals surface area contributed by atoms with E-state index in [2.05, 4.69) is 0 Å². The van der Waals surface area contributed by atoms with E-state index in [-0.39, 0.29) is 34.0 Å². The molecule has 4 aromatic rings. The maximum Gasteiger partial charge on any atom is 0.239 e. The van der Waals surface area contributed by atoms with Gasteiger partial charge in [0.2, 0.25) is 16.9 Å². The van der Waals surface area contributed by atoms with E-state index in [4.69, 9.17) is 32.8 Å². The summed E-state index contributed by atoms with van der Waals surface area (Å²) in [6, 6.07) is 11.4. The van der Waals surface area contributed by atoms with Crippen LogP contribution in [0.5, 0.6) is 34.5 Å². The number of rotatable bonds is 11. The normalized spacial score (nSPS) is 11.7. The lowest BCUT2D eigenvalue weighted by molar-refractivity contribution is 0.189. The molecule has 0 N–H and O–H groups in total. The monoisotopic (exact) mass is 552 g/mol. The zero-order valence-electron chi connectivity index (χ0n) is 23.7. The molecular formula is C31H33FO8. The van der Waals surface area contributed by atoms with Gasteiger partial charge in [-0.25, -0.2) is 4.39 Å². The molecule has 0 saturated heterocycles. The van der Waals surface area contributed by atoms with Crippen molar-refractivity contribution in [3.05, 3.63) is 69.6 Å². The molecule has 0 fully saturated rings. The summed E-state index contributed by atoms with van der Waals surface area (Å²) in [7, 11) is 7.45. The maximum absolute atomic E-state index is 14.6. The molecule has 1 unspecified atom stereocenters. The smallest absolute Gasteiger partial charge is 0.239 e. The van der Waals surface area contributed by atoms with Gasteiger partial charge in [0.1, 0.15) is 34.4 Å². The van der Waals surface area contributed by atoms with Gasteiger partial charge in [0.25, 0.3) is 0 Å². The highest BCUT2D eigenvalue weighted by molar-refractivity contribution is 5.89. The van der Waals surface area contributed by atoms with Crippen LogP contribution in [0.15, 0.2) is 51.7 Å². The highest BCUT2D eigenvalue weighted by atomic mass is 19.1. The van der Waals surface area contributed by atoms with Gasteiger partial charge in [0.15, 0.2) is 17.3 Å². The zero-order valence-corrected chi connectivity index (χ0v) is 23.7. The minimum absolute atomic E-state index is 0.0651. The first-order valence-electron chi connectivity index (χ1n) is 12.8. The fourth-order valence-electron chi connectivity index (χ4n) is 4.54. The second kappa shape index (κ2) is 12.2. The molecule has 1 heterocycles. The van der Waals surface area contributed by atoms with Crippen LogP contribution in [0, 0.1) is 12.7 Å². The minimum atomic E-state index is -0.634. The first-order chi connectivity index (χ1) is 19.3. The zero-order chi connectivity index (χ0) is 29.0. The molecule has 4 rings (SSSR count). The van der Waals surface area contributed by atoms with Crippen molar-refractivity contribution in [3.63, 3.8) is 0 Å². The predicted octanol–water partition coefficient (Wildman–Crippen LogP) is 6.87. The van der Waals surface area contributed by atoms with Crippen LogP contribution in [0.3, 0.4) is 0 Å². The number of hydrogen-bond donors (Lipinski definition) is 0. The van der Waals surface area contributed by atoms with E-state index < -0.39 is 11.5 Å². The number of halogens is 1. The molecule has 40 heavy (non-hydrogen) atoms. The molecule has 3 aromatic carbocycles. The van der Waals surface area contributed by atoms with Crippen LogP contribution in [0.25, 0.3) is 22.3 Å². The van der Waals surface area contributed by atoms with Crippen LogP contribution in [0.1, 0.15) is 37.0 Å². The molecule has 0 bridgehead atoms. The first kappa shape index (κ1) is 28.6. The third-order valence-electron chi connectivity index (χ3n) is 6.65. The Morgan fingerprint density at radius 3 is 2.05 bits per heavy atom. The highest BCUT2D eigenvalue weighted by Gasteiger charge is 2.27. The van der Waals surface area contributed by atoms with Gasteiger partial charge in [0.05, 0.1) is 35.5 Å². The van der Waals surface area contributed by atoms with E-state index in [9.17, 15) is 9.18 Å². The third kappa shape index (κ3) is 5.36. The van der Waals surface area contributed by atoms with Crippen LogP contribution in [-0.2, 0) is 0 Å². The quantitative estimate of drug-likeness (QED) is 0.199. The predicted molar refractivity (Wildman–Crippen MR) is 150 cm³/mol. The van der Waals surface area contributed by atoms with E-state index in [1.165, 1.54) is 41.6 Å². The number of benzene rings is 3. The molecule has 9 heteroatoms. The Bertz CT molecular complexity index is 1550. The Morgan fingerprint density at radius 1 is 0.825 bits per heavy atom. The molecule has 0 saturated carbocycles. The van der Waals surface area contributed by atoms with Crippen molar-refractivity contribution in [1.29, 1.82) is 0 Å². The molecular weight excluding hydrogens is 519 g/mol. The highest BCUT2D eigenvalue weighted by Crippen LogP contribution is 2.45. The second-order valence-corrected chi connectivity index (χ2v) is 9.11. The van der Waals surface area contributed by atoms with Crippen LogP contribution < -0.4 is 33.8 Å². The SMILES string of the molecule is CCCC(Oc1c(-c2cc(OC)c(OC)c(OC)c2)oc2cc(OC)cc(OC)c2c1=O)c1ccc(C)c(F)c1. The number of fused-ring (bicyclic) bond motifs is 1. The minimum Gasteiger partial charge on any atom is -0.496 e. The Balaban J connectivity index is 2.04. The van der Waals surface area contributed by atoms with Crippen molar-refractivity contribution >= 4 is 11.0 Å². The molecule has 0 amide bonds. The van der Waals surface area contributed by atoms with Crippen LogP contribution in [0.2, 0.25) is 0 Å². The van der Waals surface area contributed by atoms with Crippen molar-refractivity contribution in [3.8, 4) is 45.8 Å². The van der Waals surface area contributed by atoms with Crippen molar-refractivity contribution in [1.82, 2.24) is 0 Å². The molecule has 0 spiro atoms. The molecule has 1 aromatic heterocycles. The lowest BCUT2D eigenvalue weighted by Crippen LogP contribution is -2.16. The van der Waals surface area contributed by atoms with Crippen LogP contribution >= 0.6 is 0 Å². The summed E-state index contributed by atoms with van der Waals surface area (Å²) in [5, 5.41) is 0.180. The maximum atomic E-state index is 14.6. The van der Waals surface area contributed by atoms with Gasteiger partial charge in [0, 0.05) is 17.7 Å². The lowest BCUT2D eigenvalue weighted by atomic mass is 10.0. The Hall–Kier alpha value is -4.40. The van der Waals surface area contributed by atoms with E-state index in [0.29, 0.717) is 46.1 Å². The van der Waals surface area contributed by atoms with Gasteiger partial charge in [-0.15, -0.1) is 0 Å². The Labute approximate surface area is 232 Å². The van der Waals surface area contributed by atoms with Crippen molar-refractivity contribution in [2.75, 3.05) is 35.5 Å². The summed E-state index contributed by atoms with van der Waals surface area (Å²) in [6.07, 6.45) is 0.610. The average Bonchev–Trinajstić information content (AvgIpc) is 2.97. The van der Waals surface area contributed by atoms with Gasteiger partial charge >= 0.3 is 0 Å². The number of hydrogen-bond acceptors (Lipinski definition) is 8. The second-order valence-electron chi connectivity index (χ2n) is 9.11. The molecule has 0 aliphatic heterocycles. The topological polar surface area (TPSA) is 85.6 Å². The van der Waals surface area contributed by atoms with Crippen molar-refractivity contribution in [2.24, 2.45) is 0 Å². The summed E-state index contributed by atoms with van der Waals surface area (Å²) in [6.45, 7) is 3.68. The molecule has 0 aliphatic rings. The van der Waals surface area contributed by atoms with Crippen molar-refractivity contribution in [2.45, 2.75) is 32.8 Å².